The van der Waals surface area contributed by atoms with Crippen LogP contribution in [0.1, 0.15) is 45.4 Å². The highest BCUT2D eigenvalue weighted by Crippen LogP contribution is 2.32. The van der Waals surface area contributed by atoms with E-state index in [-0.39, 0.29) is 11.7 Å². The molecule has 0 aromatic carbocycles. The molecule has 0 saturated heterocycles. The van der Waals surface area contributed by atoms with Gasteiger partial charge in [-0.15, -0.1) is 5.92 Å². The number of carbonyl (C=O) groups excluding carboxylic acids is 1. The first-order valence-electron chi connectivity index (χ1n) is 7.62. The van der Waals surface area contributed by atoms with Gasteiger partial charge in [0.25, 0.3) is 0 Å². The van der Waals surface area contributed by atoms with E-state index in [2.05, 4.69) is 17.9 Å². The van der Waals surface area contributed by atoms with Crippen molar-refractivity contribution in [2.45, 2.75) is 51.6 Å². The summed E-state index contributed by atoms with van der Waals surface area (Å²) in [6.45, 7) is 1.64. The van der Waals surface area contributed by atoms with E-state index in [4.69, 9.17) is 12.2 Å². The second-order valence-electron chi connectivity index (χ2n) is 5.73. The van der Waals surface area contributed by atoms with Gasteiger partial charge in [-0.05, 0) is 56.9 Å². The molecule has 2 aliphatic carbocycles. The summed E-state index contributed by atoms with van der Waals surface area (Å²) in [5.41, 5.74) is 1.39. The highest BCUT2D eigenvalue weighted by molar-refractivity contribution is 7.80. The maximum absolute atomic E-state index is 13.8. The Morgan fingerprint density at radius 2 is 2.24 bits per heavy atom. The number of thiocarbonyl (C=S) groups is 1. The zero-order valence-corrected chi connectivity index (χ0v) is 13.2. The lowest BCUT2D eigenvalue weighted by Gasteiger charge is -2.18. The lowest BCUT2D eigenvalue weighted by molar-refractivity contribution is -0.115. The van der Waals surface area contributed by atoms with Crippen molar-refractivity contribution < 1.29 is 9.18 Å². The number of carbonyl (C=O) groups is 1. The lowest BCUT2D eigenvalue weighted by Crippen LogP contribution is -2.21. The van der Waals surface area contributed by atoms with Gasteiger partial charge in [-0.3, -0.25) is 4.79 Å². The summed E-state index contributed by atoms with van der Waals surface area (Å²) in [4.78, 5) is 11.7. The Morgan fingerprint density at radius 1 is 1.43 bits per heavy atom. The summed E-state index contributed by atoms with van der Waals surface area (Å²) in [5, 5.41) is 0. The average molecular weight is 304 g/mol. The molecule has 3 atom stereocenters. The zero-order chi connectivity index (χ0) is 15.2. The Balaban J connectivity index is 2.02. The number of alkyl halides is 1. The molecule has 1 nitrogen and oxygen atoms in total. The summed E-state index contributed by atoms with van der Waals surface area (Å²) >= 11 is 5.27. The highest BCUT2D eigenvalue weighted by Gasteiger charge is 2.24. The number of halogens is 1. The van der Waals surface area contributed by atoms with E-state index in [1.165, 1.54) is 5.57 Å². The third-order valence-electron chi connectivity index (χ3n) is 4.30. The zero-order valence-electron chi connectivity index (χ0n) is 12.4. The van der Waals surface area contributed by atoms with Gasteiger partial charge >= 0.3 is 0 Å². The molecule has 0 aromatic heterocycles. The molecule has 0 aliphatic heterocycles. The van der Waals surface area contributed by atoms with Crippen LogP contribution < -0.4 is 0 Å². The van der Waals surface area contributed by atoms with Gasteiger partial charge in [0, 0.05) is 11.3 Å². The minimum Gasteiger partial charge on any atom is -0.295 e. The fraction of sp³-hybridized carbons (Fsp3) is 0.556. The van der Waals surface area contributed by atoms with Gasteiger partial charge in [-0.1, -0.05) is 35.9 Å². The van der Waals surface area contributed by atoms with Gasteiger partial charge in [0.2, 0.25) is 0 Å². The van der Waals surface area contributed by atoms with Crippen molar-refractivity contribution >= 4 is 22.9 Å². The molecule has 2 rings (SSSR count). The van der Waals surface area contributed by atoms with Crippen molar-refractivity contribution in [3.8, 4) is 11.8 Å². The normalized spacial score (nSPS) is 27.1. The topological polar surface area (TPSA) is 17.1 Å². The Morgan fingerprint density at radius 3 is 2.90 bits per heavy atom. The fourth-order valence-electron chi connectivity index (χ4n) is 3.08. The first kappa shape index (κ1) is 16.1. The minimum atomic E-state index is -1.28. The number of allylic oxidation sites excluding steroid dienone is 4. The van der Waals surface area contributed by atoms with Crippen molar-refractivity contribution in [2.24, 2.45) is 11.8 Å². The minimum absolute atomic E-state index is 0.113. The molecule has 3 unspecified atom stereocenters. The van der Waals surface area contributed by atoms with E-state index < -0.39 is 6.17 Å². The van der Waals surface area contributed by atoms with Gasteiger partial charge in [0.15, 0.2) is 12.0 Å². The molecule has 0 saturated carbocycles. The molecule has 0 fully saturated rings. The molecule has 0 spiro atoms. The fourth-order valence-corrected chi connectivity index (χ4v) is 3.35. The number of ketones is 1. The Hall–Kier alpha value is -1.27. The maximum atomic E-state index is 13.8. The quantitative estimate of drug-likeness (QED) is 0.437. The number of hydrogen-bond acceptors (Lipinski definition) is 2. The van der Waals surface area contributed by atoms with Crippen LogP contribution in [0, 0.1) is 23.7 Å². The van der Waals surface area contributed by atoms with Crippen molar-refractivity contribution in [3.05, 3.63) is 23.8 Å². The van der Waals surface area contributed by atoms with Crippen LogP contribution in [-0.4, -0.2) is 16.8 Å². The molecule has 0 aromatic rings. The van der Waals surface area contributed by atoms with Crippen molar-refractivity contribution in [3.63, 3.8) is 0 Å². The molecular weight excluding hydrogens is 283 g/mol. The van der Waals surface area contributed by atoms with Crippen LogP contribution >= 0.6 is 12.2 Å². The molecule has 2 aliphatic rings. The van der Waals surface area contributed by atoms with Crippen LogP contribution in [0.4, 0.5) is 4.39 Å². The summed E-state index contributed by atoms with van der Waals surface area (Å²) in [6.07, 6.45) is 10.0. The second kappa shape index (κ2) is 7.66. The molecule has 0 N–H and O–H groups in total. The molecule has 0 heterocycles. The van der Waals surface area contributed by atoms with E-state index in [9.17, 15) is 9.18 Å². The summed E-state index contributed by atoms with van der Waals surface area (Å²) < 4.78 is 13.8. The van der Waals surface area contributed by atoms with Crippen LogP contribution in [0.25, 0.3) is 0 Å². The van der Waals surface area contributed by atoms with E-state index in [0.29, 0.717) is 17.2 Å². The van der Waals surface area contributed by atoms with Crippen LogP contribution in [0.2, 0.25) is 0 Å². The molecule has 3 heteroatoms. The third-order valence-corrected chi connectivity index (χ3v) is 4.84. The summed E-state index contributed by atoms with van der Waals surface area (Å²) in [7, 11) is 0. The predicted octanol–water partition coefficient (Wildman–Crippen LogP) is 4.37. The molecule has 0 amide bonds. The van der Waals surface area contributed by atoms with Crippen LogP contribution in [0.15, 0.2) is 23.8 Å². The van der Waals surface area contributed by atoms with Gasteiger partial charge in [-0.25, -0.2) is 4.39 Å². The Bertz CT molecular complexity index is 535. The van der Waals surface area contributed by atoms with E-state index >= 15 is 0 Å². The average Bonchev–Trinajstić information content (AvgIpc) is 2.73. The van der Waals surface area contributed by atoms with Crippen molar-refractivity contribution in [2.75, 3.05) is 0 Å². The summed E-state index contributed by atoms with van der Waals surface area (Å²) in [6, 6.07) is 0. The van der Waals surface area contributed by atoms with Crippen LogP contribution in [0.5, 0.6) is 0 Å². The van der Waals surface area contributed by atoms with E-state index in [0.717, 1.165) is 32.1 Å². The van der Waals surface area contributed by atoms with Gasteiger partial charge in [0.1, 0.15) is 0 Å². The monoisotopic (exact) mass is 304 g/mol. The van der Waals surface area contributed by atoms with Gasteiger partial charge < -0.3 is 0 Å². The summed E-state index contributed by atoms with van der Waals surface area (Å²) in [5.74, 6) is 5.83. The van der Waals surface area contributed by atoms with Crippen LogP contribution in [-0.2, 0) is 4.79 Å². The maximum Gasteiger partial charge on any atom is 0.192 e. The SMILES string of the molecule is CC#CC(F)C(=S)C1CC=C(C2C=CC(=O)CC2)CCC1. The highest BCUT2D eigenvalue weighted by atomic mass is 32.1. The van der Waals surface area contributed by atoms with Crippen LogP contribution in [0.3, 0.4) is 0 Å². The third kappa shape index (κ3) is 4.35. The smallest absolute Gasteiger partial charge is 0.192 e. The molecule has 21 heavy (non-hydrogen) atoms. The van der Waals surface area contributed by atoms with Gasteiger partial charge in [0.05, 0.1) is 0 Å². The van der Waals surface area contributed by atoms with Gasteiger partial charge in [-0.2, -0.15) is 0 Å². The van der Waals surface area contributed by atoms with Crippen molar-refractivity contribution in [1.82, 2.24) is 0 Å². The Kier molecular flexibility index (Phi) is 5.87. The molecule has 112 valence electrons. The largest absolute Gasteiger partial charge is 0.295 e. The number of hydrogen-bond donors (Lipinski definition) is 0. The molecule has 0 bridgehead atoms. The Labute approximate surface area is 131 Å². The van der Waals surface area contributed by atoms with E-state index in [1.54, 1.807) is 13.0 Å². The second-order valence-corrected chi connectivity index (χ2v) is 6.21. The first-order chi connectivity index (χ1) is 10.1. The predicted molar refractivity (Wildman–Crippen MR) is 87.9 cm³/mol. The van der Waals surface area contributed by atoms with E-state index in [1.807, 2.05) is 6.08 Å². The van der Waals surface area contributed by atoms with Crippen molar-refractivity contribution in [1.29, 1.82) is 0 Å². The number of rotatable bonds is 3. The first-order valence-corrected chi connectivity index (χ1v) is 8.02. The molecular formula is C18H21FOS. The standard InChI is InChI=1S/C18H21FOS/c1-2-4-17(19)18(21)15-6-3-5-13(7-8-15)14-9-11-16(20)12-10-14/h7,9,11,14-15,17H,3,5-6,8,10,12H2,1H3. The lowest BCUT2D eigenvalue weighted by atomic mass is 9.86. The molecule has 0 radical (unpaired) electrons.